The van der Waals surface area contributed by atoms with Crippen LogP contribution in [0, 0.1) is 13.8 Å². The SMILES string of the molecule is Cc1cc(NC(=O)COc2ccc(Cl)c(C)c2)n(C2CCS(=O)(=O)C2)n1. The van der Waals surface area contributed by atoms with Crippen molar-refractivity contribution in [3.8, 4) is 5.75 Å². The van der Waals surface area contributed by atoms with Crippen molar-refractivity contribution >= 4 is 33.2 Å². The van der Waals surface area contributed by atoms with Crippen LogP contribution in [-0.2, 0) is 14.6 Å². The lowest BCUT2D eigenvalue weighted by molar-refractivity contribution is -0.118. The van der Waals surface area contributed by atoms with E-state index in [1.165, 1.54) is 0 Å². The van der Waals surface area contributed by atoms with Gasteiger partial charge in [0, 0.05) is 11.1 Å². The van der Waals surface area contributed by atoms with E-state index in [4.69, 9.17) is 16.3 Å². The van der Waals surface area contributed by atoms with E-state index in [0.29, 0.717) is 28.7 Å². The Bertz CT molecular complexity index is 939. The molecule has 140 valence electrons. The normalized spacial score (nSPS) is 18.7. The number of rotatable bonds is 5. The fourth-order valence-electron chi connectivity index (χ4n) is 2.89. The first-order valence-corrected chi connectivity index (χ1v) is 10.4. The predicted octanol–water partition coefficient (Wildman–Crippen LogP) is 2.53. The first-order valence-electron chi connectivity index (χ1n) is 8.19. The first-order chi connectivity index (χ1) is 12.2. The summed E-state index contributed by atoms with van der Waals surface area (Å²) >= 11 is 5.97. The molecule has 0 spiro atoms. The number of carbonyl (C=O) groups is 1. The highest BCUT2D eigenvalue weighted by molar-refractivity contribution is 7.91. The number of nitrogens with one attached hydrogen (secondary N) is 1. The highest BCUT2D eigenvalue weighted by Gasteiger charge is 2.31. The number of anilines is 1. The number of ether oxygens (including phenoxy) is 1. The molecular formula is C17H20ClN3O4S. The zero-order valence-electron chi connectivity index (χ0n) is 14.5. The number of carbonyl (C=O) groups excluding carboxylic acids is 1. The Hall–Kier alpha value is -2.06. The molecule has 1 saturated heterocycles. The van der Waals surface area contributed by atoms with Gasteiger partial charge in [-0.15, -0.1) is 0 Å². The Morgan fingerprint density at radius 2 is 2.15 bits per heavy atom. The number of aryl methyl sites for hydroxylation is 2. The zero-order valence-corrected chi connectivity index (χ0v) is 16.1. The van der Waals surface area contributed by atoms with Crippen LogP contribution in [0.4, 0.5) is 5.82 Å². The van der Waals surface area contributed by atoms with Crippen molar-refractivity contribution in [2.45, 2.75) is 26.3 Å². The maximum absolute atomic E-state index is 12.2. The molecule has 1 fully saturated rings. The van der Waals surface area contributed by atoms with E-state index in [1.54, 1.807) is 35.9 Å². The van der Waals surface area contributed by atoms with E-state index >= 15 is 0 Å². The number of benzene rings is 1. The van der Waals surface area contributed by atoms with Gasteiger partial charge in [-0.05, 0) is 44.0 Å². The molecular weight excluding hydrogens is 378 g/mol. The summed E-state index contributed by atoms with van der Waals surface area (Å²) in [6.45, 7) is 3.48. The Balaban J connectivity index is 1.65. The molecule has 9 heteroatoms. The maximum Gasteiger partial charge on any atom is 0.263 e. The number of halogens is 1. The quantitative estimate of drug-likeness (QED) is 0.837. The van der Waals surface area contributed by atoms with Crippen molar-refractivity contribution in [2.24, 2.45) is 0 Å². The minimum atomic E-state index is -3.04. The molecule has 1 aliphatic rings. The number of sulfone groups is 1. The largest absolute Gasteiger partial charge is 0.484 e. The number of amides is 1. The van der Waals surface area contributed by atoms with Crippen molar-refractivity contribution in [2.75, 3.05) is 23.4 Å². The lowest BCUT2D eigenvalue weighted by atomic mass is 10.2. The molecule has 1 unspecified atom stereocenters. The van der Waals surface area contributed by atoms with E-state index in [0.717, 1.165) is 5.56 Å². The molecule has 0 aliphatic carbocycles. The molecule has 7 nitrogen and oxygen atoms in total. The highest BCUT2D eigenvalue weighted by atomic mass is 35.5. The minimum absolute atomic E-state index is 0.0392. The fourth-order valence-corrected chi connectivity index (χ4v) is 4.70. The highest BCUT2D eigenvalue weighted by Crippen LogP contribution is 2.27. The zero-order chi connectivity index (χ0) is 18.9. The van der Waals surface area contributed by atoms with Crippen molar-refractivity contribution in [1.29, 1.82) is 0 Å². The van der Waals surface area contributed by atoms with E-state index in [1.807, 2.05) is 6.92 Å². The third-order valence-corrected chi connectivity index (χ3v) is 6.35. The number of hydrogen-bond donors (Lipinski definition) is 1. The molecule has 0 bridgehead atoms. The van der Waals surface area contributed by atoms with Crippen LogP contribution in [0.25, 0.3) is 0 Å². The second kappa shape index (κ2) is 7.28. The standard InChI is InChI=1S/C17H20ClN3O4S/c1-11-7-14(3-4-15(11)18)25-9-17(22)19-16-8-12(2)20-21(16)13-5-6-26(23,24)10-13/h3-4,7-8,13H,5-6,9-10H2,1-2H3,(H,19,22). The monoisotopic (exact) mass is 397 g/mol. The molecule has 1 aliphatic heterocycles. The average Bonchev–Trinajstić information content (AvgIpc) is 3.10. The number of hydrogen-bond acceptors (Lipinski definition) is 5. The van der Waals surface area contributed by atoms with Gasteiger partial charge in [0.2, 0.25) is 0 Å². The molecule has 2 aromatic rings. The smallest absolute Gasteiger partial charge is 0.263 e. The second-order valence-corrected chi connectivity index (χ2v) is 9.06. The van der Waals surface area contributed by atoms with Gasteiger partial charge < -0.3 is 10.1 Å². The van der Waals surface area contributed by atoms with E-state index < -0.39 is 9.84 Å². The molecule has 1 N–H and O–H groups in total. The molecule has 0 radical (unpaired) electrons. The molecule has 2 heterocycles. The topological polar surface area (TPSA) is 90.3 Å². The summed E-state index contributed by atoms with van der Waals surface area (Å²) in [6, 6.07) is 6.62. The number of aromatic nitrogens is 2. The lowest BCUT2D eigenvalue weighted by Crippen LogP contribution is -2.23. The van der Waals surface area contributed by atoms with E-state index in [2.05, 4.69) is 10.4 Å². The van der Waals surface area contributed by atoms with Crippen LogP contribution in [0.15, 0.2) is 24.3 Å². The van der Waals surface area contributed by atoms with Crippen LogP contribution in [0.2, 0.25) is 5.02 Å². The van der Waals surface area contributed by atoms with Gasteiger partial charge in [-0.2, -0.15) is 5.10 Å². The molecule has 1 atom stereocenters. The summed E-state index contributed by atoms with van der Waals surface area (Å²) in [6.07, 6.45) is 0.493. The van der Waals surface area contributed by atoms with Crippen LogP contribution in [0.1, 0.15) is 23.7 Å². The van der Waals surface area contributed by atoms with Crippen LogP contribution in [-0.4, -0.2) is 42.2 Å². The van der Waals surface area contributed by atoms with Crippen molar-refractivity contribution in [1.82, 2.24) is 9.78 Å². The van der Waals surface area contributed by atoms with Crippen LogP contribution >= 0.6 is 11.6 Å². The molecule has 3 rings (SSSR count). The van der Waals surface area contributed by atoms with E-state index in [9.17, 15) is 13.2 Å². The molecule has 1 aromatic carbocycles. The predicted molar refractivity (Wildman–Crippen MR) is 99.6 cm³/mol. The Labute approximate surface area is 157 Å². The summed E-state index contributed by atoms with van der Waals surface area (Å²) in [5, 5.41) is 7.71. The van der Waals surface area contributed by atoms with Gasteiger partial charge in [0.05, 0.1) is 23.2 Å². The second-order valence-electron chi connectivity index (χ2n) is 6.42. The van der Waals surface area contributed by atoms with Gasteiger partial charge in [-0.1, -0.05) is 11.6 Å². The molecule has 26 heavy (non-hydrogen) atoms. The Kier molecular flexibility index (Phi) is 5.24. The fraction of sp³-hybridized carbons (Fsp3) is 0.412. The van der Waals surface area contributed by atoms with E-state index in [-0.39, 0.29) is 30.1 Å². The summed E-state index contributed by atoms with van der Waals surface area (Å²) in [4.78, 5) is 12.2. The van der Waals surface area contributed by atoms with Crippen LogP contribution in [0.3, 0.4) is 0 Å². The van der Waals surface area contributed by atoms with Crippen LogP contribution < -0.4 is 10.1 Å². The molecule has 1 amide bonds. The maximum atomic E-state index is 12.2. The van der Waals surface area contributed by atoms with Crippen molar-refractivity contribution < 1.29 is 17.9 Å². The third kappa shape index (κ3) is 4.37. The lowest BCUT2D eigenvalue weighted by Gasteiger charge is -2.14. The minimum Gasteiger partial charge on any atom is -0.484 e. The summed E-state index contributed by atoms with van der Waals surface area (Å²) in [7, 11) is -3.04. The van der Waals surface area contributed by atoms with Gasteiger partial charge in [-0.3, -0.25) is 4.79 Å². The van der Waals surface area contributed by atoms with Crippen LogP contribution in [0.5, 0.6) is 5.75 Å². The van der Waals surface area contributed by atoms with Crippen molar-refractivity contribution in [3.05, 3.63) is 40.5 Å². The Morgan fingerprint density at radius 1 is 1.38 bits per heavy atom. The van der Waals surface area contributed by atoms with Gasteiger partial charge >= 0.3 is 0 Å². The van der Waals surface area contributed by atoms with Gasteiger partial charge in [0.15, 0.2) is 16.4 Å². The molecule has 0 saturated carbocycles. The average molecular weight is 398 g/mol. The first kappa shape index (κ1) is 18.7. The summed E-state index contributed by atoms with van der Waals surface area (Å²) < 4.78 is 30.5. The third-order valence-electron chi connectivity index (χ3n) is 4.18. The molecule has 1 aromatic heterocycles. The summed E-state index contributed by atoms with van der Waals surface area (Å²) in [5.41, 5.74) is 1.57. The summed E-state index contributed by atoms with van der Waals surface area (Å²) in [5.74, 6) is 0.860. The van der Waals surface area contributed by atoms with Crippen molar-refractivity contribution in [3.63, 3.8) is 0 Å². The number of nitrogens with zero attached hydrogens (tertiary/aromatic N) is 2. The Morgan fingerprint density at radius 3 is 2.81 bits per heavy atom. The van der Waals surface area contributed by atoms with Gasteiger partial charge in [-0.25, -0.2) is 13.1 Å². The van der Waals surface area contributed by atoms with Gasteiger partial charge in [0.25, 0.3) is 5.91 Å². The van der Waals surface area contributed by atoms with Gasteiger partial charge in [0.1, 0.15) is 11.6 Å².